The predicted molar refractivity (Wildman–Crippen MR) is 75.8 cm³/mol. The van der Waals surface area contributed by atoms with Gasteiger partial charge in [0, 0.05) is 6.42 Å². The number of rotatable bonds is 3. The van der Waals surface area contributed by atoms with Crippen LogP contribution in [0.15, 0.2) is 48.5 Å². The van der Waals surface area contributed by atoms with Gasteiger partial charge in [-0.25, -0.2) is 5.43 Å². The maximum Gasteiger partial charge on any atom is 0.124 e. The fraction of sp³-hybridized carbons (Fsp3) is 0.250. The summed E-state index contributed by atoms with van der Waals surface area (Å²) >= 11 is 0. The van der Waals surface area contributed by atoms with Gasteiger partial charge in [0.2, 0.25) is 0 Å². The van der Waals surface area contributed by atoms with Crippen LogP contribution >= 0.6 is 0 Å². The van der Waals surface area contributed by atoms with Crippen LogP contribution in [-0.2, 0) is 6.42 Å². The molecule has 3 rings (SSSR count). The summed E-state index contributed by atoms with van der Waals surface area (Å²) in [5, 5.41) is 0. The molecule has 2 aromatic rings. The number of hydrazine groups is 1. The third-order valence-electron chi connectivity index (χ3n) is 3.66. The largest absolute Gasteiger partial charge is 0.488 e. The summed E-state index contributed by atoms with van der Waals surface area (Å²) in [6.45, 7) is 2.08. The van der Waals surface area contributed by atoms with Gasteiger partial charge in [-0.05, 0) is 24.1 Å². The standard InChI is InChI=1S/C16H18N2O/c1-11-6-8-12(9-7-11)16(18-17)15-10-13-4-2-3-5-14(13)19-15/h2-9,15-16,18H,10,17H2,1H3. The van der Waals surface area contributed by atoms with Gasteiger partial charge in [-0.3, -0.25) is 5.84 Å². The van der Waals surface area contributed by atoms with Crippen molar-refractivity contribution in [1.29, 1.82) is 0 Å². The molecule has 98 valence electrons. The van der Waals surface area contributed by atoms with Crippen LogP contribution in [0.5, 0.6) is 5.75 Å². The van der Waals surface area contributed by atoms with Crippen LogP contribution in [0, 0.1) is 6.92 Å². The van der Waals surface area contributed by atoms with Crippen LogP contribution in [0.25, 0.3) is 0 Å². The highest BCUT2D eigenvalue weighted by atomic mass is 16.5. The summed E-state index contributed by atoms with van der Waals surface area (Å²) in [4.78, 5) is 0. The Kier molecular flexibility index (Phi) is 3.23. The molecule has 0 amide bonds. The number of fused-ring (bicyclic) bond motifs is 1. The normalized spacial score (nSPS) is 18.7. The molecule has 0 radical (unpaired) electrons. The van der Waals surface area contributed by atoms with Gasteiger partial charge < -0.3 is 4.74 Å². The summed E-state index contributed by atoms with van der Waals surface area (Å²) in [5.41, 5.74) is 6.54. The summed E-state index contributed by atoms with van der Waals surface area (Å²) in [6, 6.07) is 16.6. The Morgan fingerprint density at radius 1 is 1.16 bits per heavy atom. The Morgan fingerprint density at radius 3 is 2.58 bits per heavy atom. The van der Waals surface area contributed by atoms with Gasteiger partial charge >= 0.3 is 0 Å². The van der Waals surface area contributed by atoms with E-state index in [0.29, 0.717) is 0 Å². The van der Waals surface area contributed by atoms with Crippen molar-refractivity contribution in [2.45, 2.75) is 25.5 Å². The Labute approximate surface area is 113 Å². The number of hydrogen-bond donors (Lipinski definition) is 2. The van der Waals surface area contributed by atoms with E-state index in [2.05, 4.69) is 42.7 Å². The van der Waals surface area contributed by atoms with Crippen molar-refractivity contribution in [3.8, 4) is 5.75 Å². The number of aryl methyl sites for hydroxylation is 1. The van der Waals surface area contributed by atoms with E-state index in [9.17, 15) is 0 Å². The molecule has 1 aliphatic heterocycles. The molecule has 0 bridgehead atoms. The lowest BCUT2D eigenvalue weighted by atomic mass is 9.97. The molecule has 2 unspecified atom stereocenters. The number of benzene rings is 2. The minimum atomic E-state index is 0.00741. The summed E-state index contributed by atoms with van der Waals surface area (Å²) in [5.74, 6) is 6.70. The first-order chi connectivity index (χ1) is 9.28. The molecule has 1 aliphatic rings. The van der Waals surface area contributed by atoms with Crippen molar-refractivity contribution in [1.82, 2.24) is 5.43 Å². The molecule has 2 atom stereocenters. The summed E-state index contributed by atoms with van der Waals surface area (Å²) in [7, 11) is 0. The smallest absolute Gasteiger partial charge is 0.124 e. The van der Waals surface area contributed by atoms with Crippen LogP contribution in [-0.4, -0.2) is 6.10 Å². The van der Waals surface area contributed by atoms with Gasteiger partial charge in [-0.15, -0.1) is 0 Å². The number of ether oxygens (including phenoxy) is 1. The van der Waals surface area contributed by atoms with E-state index in [1.54, 1.807) is 0 Å². The van der Waals surface area contributed by atoms with Crippen LogP contribution in [0.2, 0.25) is 0 Å². The van der Waals surface area contributed by atoms with Crippen LogP contribution in [0.1, 0.15) is 22.7 Å². The first-order valence-electron chi connectivity index (χ1n) is 6.55. The maximum atomic E-state index is 6.00. The van der Waals surface area contributed by atoms with Crippen molar-refractivity contribution in [2.75, 3.05) is 0 Å². The van der Waals surface area contributed by atoms with Gasteiger partial charge in [0.25, 0.3) is 0 Å². The Balaban J connectivity index is 1.83. The zero-order valence-electron chi connectivity index (χ0n) is 11.0. The molecule has 3 N–H and O–H groups in total. The highest BCUT2D eigenvalue weighted by Crippen LogP contribution is 2.33. The van der Waals surface area contributed by atoms with E-state index >= 15 is 0 Å². The number of nitrogens with one attached hydrogen (secondary N) is 1. The second-order valence-electron chi connectivity index (χ2n) is 5.02. The van der Waals surface area contributed by atoms with Crippen LogP contribution < -0.4 is 16.0 Å². The van der Waals surface area contributed by atoms with Crippen molar-refractivity contribution < 1.29 is 4.74 Å². The lowest BCUT2D eigenvalue weighted by molar-refractivity contribution is 0.179. The van der Waals surface area contributed by atoms with Gasteiger partial charge in [-0.1, -0.05) is 48.0 Å². The second-order valence-corrected chi connectivity index (χ2v) is 5.02. The van der Waals surface area contributed by atoms with Crippen molar-refractivity contribution in [3.05, 3.63) is 65.2 Å². The molecule has 3 nitrogen and oxygen atoms in total. The quantitative estimate of drug-likeness (QED) is 0.653. The average Bonchev–Trinajstić information content (AvgIpc) is 2.85. The van der Waals surface area contributed by atoms with Gasteiger partial charge in [-0.2, -0.15) is 0 Å². The molecule has 3 heteroatoms. The molecule has 1 heterocycles. The van der Waals surface area contributed by atoms with Gasteiger partial charge in [0.1, 0.15) is 11.9 Å². The number of para-hydroxylation sites is 1. The topological polar surface area (TPSA) is 47.3 Å². The predicted octanol–water partition coefficient (Wildman–Crippen LogP) is 2.50. The van der Waals surface area contributed by atoms with Crippen LogP contribution in [0.3, 0.4) is 0 Å². The molecular formula is C16H18N2O. The third-order valence-corrected chi connectivity index (χ3v) is 3.66. The van der Waals surface area contributed by atoms with E-state index in [1.807, 2.05) is 18.2 Å². The van der Waals surface area contributed by atoms with E-state index in [1.165, 1.54) is 11.1 Å². The highest BCUT2D eigenvalue weighted by molar-refractivity contribution is 5.38. The monoisotopic (exact) mass is 254 g/mol. The third kappa shape index (κ3) is 2.35. The Morgan fingerprint density at radius 2 is 1.89 bits per heavy atom. The van der Waals surface area contributed by atoms with E-state index < -0.39 is 0 Å². The molecular weight excluding hydrogens is 236 g/mol. The molecule has 19 heavy (non-hydrogen) atoms. The van der Waals surface area contributed by atoms with E-state index in [-0.39, 0.29) is 12.1 Å². The number of nitrogens with two attached hydrogens (primary N) is 1. The first kappa shape index (κ1) is 12.2. The molecule has 0 aromatic heterocycles. The molecule has 0 spiro atoms. The SMILES string of the molecule is Cc1ccc(C(NN)C2Cc3ccccc3O2)cc1. The van der Waals surface area contributed by atoms with Gasteiger partial charge in [0.05, 0.1) is 6.04 Å². The molecule has 0 saturated carbocycles. The van der Waals surface area contributed by atoms with Crippen LogP contribution in [0.4, 0.5) is 0 Å². The van der Waals surface area contributed by atoms with Crippen molar-refractivity contribution in [2.24, 2.45) is 5.84 Å². The molecule has 0 aliphatic carbocycles. The summed E-state index contributed by atoms with van der Waals surface area (Å²) < 4.78 is 6.00. The first-order valence-corrected chi connectivity index (χ1v) is 6.55. The van der Waals surface area contributed by atoms with Crippen molar-refractivity contribution in [3.63, 3.8) is 0 Å². The second kappa shape index (κ2) is 5.03. The molecule has 0 fully saturated rings. The lowest BCUT2D eigenvalue weighted by Crippen LogP contribution is -2.38. The van der Waals surface area contributed by atoms with E-state index in [4.69, 9.17) is 10.6 Å². The summed E-state index contributed by atoms with van der Waals surface area (Å²) in [6.07, 6.45) is 0.934. The zero-order chi connectivity index (χ0) is 13.2. The Bertz CT molecular complexity index is 540. The highest BCUT2D eigenvalue weighted by Gasteiger charge is 2.30. The minimum absolute atomic E-state index is 0.00741. The van der Waals surface area contributed by atoms with Gasteiger partial charge in [0.15, 0.2) is 0 Å². The molecule has 2 aromatic carbocycles. The lowest BCUT2D eigenvalue weighted by Gasteiger charge is -2.23. The fourth-order valence-corrected chi connectivity index (χ4v) is 2.59. The molecule has 0 saturated heterocycles. The van der Waals surface area contributed by atoms with Crippen molar-refractivity contribution >= 4 is 0 Å². The fourth-order valence-electron chi connectivity index (χ4n) is 2.59. The van der Waals surface area contributed by atoms with E-state index in [0.717, 1.165) is 17.7 Å². The zero-order valence-corrected chi connectivity index (χ0v) is 11.0. The average molecular weight is 254 g/mol. The number of hydrogen-bond acceptors (Lipinski definition) is 3. The minimum Gasteiger partial charge on any atom is -0.488 e. The Hall–Kier alpha value is -1.84. The maximum absolute atomic E-state index is 6.00.